The van der Waals surface area contributed by atoms with Crippen LogP contribution in [0.25, 0.3) is 11.1 Å². The van der Waals surface area contributed by atoms with E-state index in [0.717, 1.165) is 27.8 Å². The average Bonchev–Trinajstić information content (AvgIpc) is 2.90. The molecule has 3 atom stereocenters. The first-order chi connectivity index (χ1) is 18.1. The standard InChI is InChI=1S/C29H39ClN6O2/c1-17-7-8-20-12-22(17)14-25(32)28(37)36-26(6-5-11-31)19(3)35-27(29(38)34-16-18(2)33-4)15-23-13-21(20)9-10-24(23)30/h7-10,12-13,25-27,33,35H,2-3,5-6,11,14-16,31-32H2,1,4H3,(H,34,38)(H,36,37)/t25?,26-,27?/m0/s1. The summed E-state index contributed by atoms with van der Waals surface area (Å²) in [6.45, 7) is 10.8. The monoisotopic (exact) mass is 538 g/mol. The van der Waals surface area contributed by atoms with E-state index >= 15 is 0 Å². The van der Waals surface area contributed by atoms with Gasteiger partial charge in [0.25, 0.3) is 0 Å². The molecule has 2 aromatic rings. The summed E-state index contributed by atoms with van der Waals surface area (Å²) in [6.07, 6.45) is 1.90. The summed E-state index contributed by atoms with van der Waals surface area (Å²) in [5.74, 6) is -0.531. The zero-order valence-corrected chi connectivity index (χ0v) is 23.0. The Labute approximate surface area is 230 Å². The van der Waals surface area contributed by atoms with Crippen molar-refractivity contribution in [2.24, 2.45) is 11.5 Å². The minimum Gasteiger partial charge on any atom is -0.390 e. The molecule has 9 heteroatoms. The van der Waals surface area contributed by atoms with E-state index in [4.69, 9.17) is 23.1 Å². The van der Waals surface area contributed by atoms with Crippen LogP contribution in [0.15, 0.2) is 61.0 Å². The smallest absolute Gasteiger partial charge is 0.243 e. The molecular weight excluding hydrogens is 500 g/mol. The average molecular weight is 539 g/mol. The van der Waals surface area contributed by atoms with Crippen LogP contribution in [-0.4, -0.2) is 50.1 Å². The maximum absolute atomic E-state index is 13.3. The van der Waals surface area contributed by atoms with Crippen LogP contribution < -0.4 is 32.7 Å². The van der Waals surface area contributed by atoms with Gasteiger partial charge in [-0.2, -0.15) is 0 Å². The third-order valence-corrected chi connectivity index (χ3v) is 7.24. The molecule has 38 heavy (non-hydrogen) atoms. The van der Waals surface area contributed by atoms with Crippen molar-refractivity contribution >= 4 is 23.4 Å². The molecule has 0 saturated heterocycles. The molecule has 4 bridgehead atoms. The number of carbonyl (C=O) groups is 2. The lowest BCUT2D eigenvalue weighted by atomic mass is 9.94. The number of benzene rings is 2. The number of likely N-dealkylation sites (N-methyl/N-ethyl adjacent to an activating group) is 1. The predicted octanol–water partition coefficient (Wildman–Crippen LogP) is 2.29. The van der Waals surface area contributed by atoms with E-state index in [-0.39, 0.29) is 18.4 Å². The number of carbonyl (C=O) groups excluding carboxylic acids is 2. The maximum atomic E-state index is 13.3. The largest absolute Gasteiger partial charge is 0.390 e. The molecule has 0 fully saturated rings. The summed E-state index contributed by atoms with van der Waals surface area (Å²) < 4.78 is 0. The highest BCUT2D eigenvalue weighted by molar-refractivity contribution is 6.31. The van der Waals surface area contributed by atoms with E-state index in [2.05, 4.69) is 40.5 Å². The molecule has 0 spiro atoms. The summed E-state index contributed by atoms with van der Waals surface area (Å²) >= 11 is 6.62. The zero-order valence-electron chi connectivity index (χ0n) is 22.2. The minimum absolute atomic E-state index is 0.244. The Morgan fingerprint density at radius 2 is 1.82 bits per heavy atom. The first-order valence-electron chi connectivity index (χ1n) is 12.9. The molecular formula is C29H39ClN6O2. The van der Waals surface area contributed by atoms with E-state index in [1.54, 1.807) is 7.05 Å². The van der Waals surface area contributed by atoms with Crippen molar-refractivity contribution in [3.63, 3.8) is 0 Å². The minimum atomic E-state index is -0.755. The molecule has 1 aliphatic rings. The number of halogens is 1. The predicted molar refractivity (Wildman–Crippen MR) is 155 cm³/mol. The molecule has 0 aromatic heterocycles. The van der Waals surface area contributed by atoms with E-state index in [1.165, 1.54) is 0 Å². The van der Waals surface area contributed by atoms with Gasteiger partial charge in [0.05, 0.1) is 18.6 Å². The molecule has 0 radical (unpaired) electrons. The van der Waals surface area contributed by atoms with Gasteiger partial charge in [-0.3, -0.25) is 9.59 Å². The van der Waals surface area contributed by atoms with Gasteiger partial charge < -0.3 is 32.7 Å². The van der Waals surface area contributed by atoms with Crippen LogP contribution in [0.5, 0.6) is 0 Å². The number of amides is 2. The molecule has 2 aromatic carbocycles. The number of hydrogen-bond acceptors (Lipinski definition) is 6. The van der Waals surface area contributed by atoms with Crippen LogP contribution in [0.1, 0.15) is 29.5 Å². The molecule has 1 aliphatic heterocycles. The molecule has 1 heterocycles. The fraction of sp³-hybridized carbons (Fsp3) is 0.379. The van der Waals surface area contributed by atoms with Crippen molar-refractivity contribution in [1.29, 1.82) is 0 Å². The van der Waals surface area contributed by atoms with Gasteiger partial charge in [-0.15, -0.1) is 0 Å². The fourth-order valence-corrected chi connectivity index (χ4v) is 4.60. The summed E-state index contributed by atoms with van der Waals surface area (Å²) in [7, 11) is 1.75. The van der Waals surface area contributed by atoms with Gasteiger partial charge in [0.1, 0.15) is 6.04 Å². The van der Waals surface area contributed by atoms with Crippen molar-refractivity contribution in [1.82, 2.24) is 21.3 Å². The third kappa shape index (κ3) is 7.60. The fourth-order valence-electron chi connectivity index (χ4n) is 4.40. The van der Waals surface area contributed by atoms with Crippen LogP contribution >= 0.6 is 11.6 Å². The molecule has 8 N–H and O–H groups in total. The SMILES string of the molecule is C=C(CNC(=O)C1Cc2cc(ccc2Cl)-c2ccc(C)c(c2)CC(N)C(=O)N[C@@H](CCCN)C(=C)N1)NC. The highest BCUT2D eigenvalue weighted by Gasteiger charge is 2.26. The lowest BCUT2D eigenvalue weighted by Crippen LogP contribution is -2.52. The number of fused-ring (bicyclic) bond motifs is 5. The zero-order chi connectivity index (χ0) is 27.8. The topological polar surface area (TPSA) is 134 Å². The van der Waals surface area contributed by atoms with Crippen LogP contribution in [0.4, 0.5) is 0 Å². The van der Waals surface area contributed by atoms with Crippen molar-refractivity contribution in [3.05, 3.63) is 82.7 Å². The van der Waals surface area contributed by atoms with Crippen molar-refractivity contribution in [2.45, 2.75) is 50.7 Å². The first kappa shape index (κ1) is 29.2. The van der Waals surface area contributed by atoms with Gasteiger partial charge in [-0.05, 0) is 72.7 Å². The van der Waals surface area contributed by atoms with Crippen LogP contribution in [-0.2, 0) is 22.4 Å². The Balaban J connectivity index is 2.06. The first-order valence-corrected chi connectivity index (χ1v) is 13.2. The van der Waals surface area contributed by atoms with Gasteiger partial charge in [0.15, 0.2) is 0 Å². The lowest BCUT2D eigenvalue weighted by molar-refractivity contribution is -0.123. The third-order valence-electron chi connectivity index (χ3n) is 6.87. The highest BCUT2D eigenvalue weighted by Crippen LogP contribution is 2.28. The second-order valence-electron chi connectivity index (χ2n) is 9.75. The number of aryl methyl sites for hydroxylation is 1. The van der Waals surface area contributed by atoms with Gasteiger partial charge in [-0.25, -0.2) is 0 Å². The second kappa shape index (κ2) is 13.5. The summed E-state index contributed by atoms with van der Waals surface area (Å²) in [6, 6.07) is 10.0. The van der Waals surface area contributed by atoms with Gasteiger partial charge >= 0.3 is 0 Å². The summed E-state index contributed by atoms with van der Waals surface area (Å²) in [5, 5.41) is 12.7. The molecule has 0 aliphatic carbocycles. The molecule has 0 saturated carbocycles. The number of hydrogen-bond donors (Lipinski definition) is 6. The second-order valence-corrected chi connectivity index (χ2v) is 10.2. The number of nitrogens with two attached hydrogens (primary N) is 2. The van der Waals surface area contributed by atoms with Crippen LogP contribution in [0.3, 0.4) is 0 Å². The van der Waals surface area contributed by atoms with E-state index in [9.17, 15) is 9.59 Å². The Hall–Kier alpha value is -3.33. The Morgan fingerprint density at radius 1 is 1.13 bits per heavy atom. The summed E-state index contributed by atoms with van der Waals surface area (Å²) in [5.41, 5.74) is 18.1. The molecule has 8 nitrogen and oxygen atoms in total. The molecule has 2 amide bonds. The quantitative estimate of drug-likeness (QED) is 0.320. The lowest BCUT2D eigenvalue weighted by Gasteiger charge is -2.28. The number of nitrogens with one attached hydrogen (secondary N) is 4. The summed E-state index contributed by atoms with van der Waals surface area (Å²) in [4.78, 5) is 26.5. The van der Waals surface area contributed by atoms with Crippen molar-refractivity contribution < 1.29 is 9.59 Å². The van der Waals surface area contributed by atoms with Gasteiger partial charge in [-0.1, -0.05) is 49.0 Å². The van der Waals surface area contributed by atoms with E-state index in [1.807, 2.05) is 37.3 Å². The van der Waals surface area contributed by atoms with E-state index in [0.29, 0.717) is 48.6 Å². The Kier molecular flexibility index (Phi) is 10.4. The normalized spacial score (nSPS) is 19.9. The highest BCUT2D eigenvalue weighted by atomic mass is 35.5. The van der Waals surface area contributed by atoms with Crippen LogP contribution in [0, 0.1) is 6.92 Å². The van der Waals surface area contributed by atoms with Crippen molar-refractivity contribution in [3.8, 4) is 11.1 Å². The van der Waals surface area contributed by atoms with Gasteiger partial charge in [0.2, 0.25) is 11.8 Å². The molecule has 3 rings (SSSR count). The maximum Gasteiger partial charge on any atom is 0.243 e. The van der Waals surface area contributed by atoms with Crippen molar-refractivity contribution in [2.75, 3.05) is 20.1 Å². The molecule has 2 unspecified atom stereocenters. The molecule has 204 valence electrons. The van der Waals surface area contributed by atoms with Crippen LogP contribution in [0.2, 0.25) is 5.02 Å². The Morgan fingerprint density at radius 3 is 2.50 bits per heavy atom. The number of rotatable bonds is 7. The van der Waals surface area contributed by atoms with E-state index < -0.39 is 18.1 Å². The van der Waals surface area contributed by atoms with Gasteiger partial charge in [0, 0.05) is 29.9 Å². The Bertz CT molecular complexity index is 1200.